The van der Waals surface area contributed by atoms with Crippen molar-refractivity contribution in [2.75, 3.05) is 18.5 Å². The average molecular weight is 331 g/mol. The first kappa shape index (κ1) is 16.4. The summed E-state index contributed by atoms with van der Waals surface area (Å²) < 4.78 is 16.2. The summed E-state index contributed by atoms with van der Waals surface area (Å²) in [5.41, 5.74) is 0.577. The Morgan fingerprint density at radius 2 is 2.00 bits per heavy atom. The van der Waals surface area contributed by atoms with Crippen molar-refractivity contribution in [1.29, 1.82) is 0 Å². The maximum Gasteiger partial charge on any atom is 0.310 e. The number of fused-ring (bicyclic) bond motifs is 1. The van der Waals surface area contributed by atoms with Gasteiger partial charge in [-0.3, -0.25) is 9.59 Å². The molecule has 1 aliphatic carbocycles. The lowest BCUT2D eigenvalue weighted by Gasteiger charge is -2.21. The number of benzene rings is 1. The summed E-state index contributed by atoms with van der Waals surface area (Å²) in [5, 5.41) is 2.73. The molecule has 0 aromatic heterocycles. The smallest absolute Gasteiger partial charge is 0.310 e. The van der Waals surface area contributed by atoms with Crippen LogP contribution in [0.15, 0.2) is 30.4 Å². The quantitative estimate of drug-likeness (QED) is 0.678. The number of esters is 1. The van der Waals surface area contributed by atoms with Crippen LogP contribution in [0.25, 0.3) is 0 Å². The highest BCUT2D eigenvalue weighted by atomic mass is 16.6. The molecule has 1 aromatic carbocycles. The standard InChI is InChI=1S/C18H21NO5/c1-12(24-18(21)13-5-3-2-4-6-13)17(20)19-14-7-8-15-16(11-14)23-10-9-22-15/h2-3,7-8,11-13H,4-6,9-10H2,1H3,(H,19,20)/t12-,13-/m1/s1. The molecule has 2 aliphatic rings. The van der Waals surface area contributed by atoms with Gasteiger partial charge in [-0.15, -0.1) is 0 Å². The van der Waals surface area contributed by atoms with Crippen molar-refractivity contribution in [3.05, 3.63) is 30.4 Å². The highest BCUT2D eigenvalue weighted by molar-refractivity contribution is 5.95. The molecule has 0 fully saturated rings. The molecule has 6 nitrogen and oxygen atoms in total. The minimum absolute atomic E-state index is 0.153. The number of amides is 1. The van der Waals surface area contributed by atoms with Crippen molar-refractivity contribution in [2.45, 2.75) is 32.3 Å². The number of hydrogen-bond donors (Lipinski definition) is 1. The molecule has 0 saturated heterocycles. The Labute approximate surface area is 140 Å². The maximum atomic E-state index is 12.2. The minimum atomic E-state index is -0.850. The number of anilines is 1. The van der Waals surface area contributed by atoms with Crippen LogP contribution in [-0.4, -0.2) is 31.2 Å². The van der Waals surface area contributed by atoms with Gasteiger partial charge in [0.1, 0.15) is 13.2 Å². The number of nitrogens with one attached hydrogen (secondary N) is 1. The molecule has 0 unspecified atom stereocenters. The molecular weight excluding hydrogens is 310 g/mol. The minimum Gasteiger partial charge on any atom is -0.486 e. The Balaban J connectivity index is 1.56. The van der Waals surface area contributed by atoms with Gasteiger partial charge in [-0.05, 0) is 38.3 Å². The number of rotatable bonds is 4. The van der Waals surface area contributed by atoms with Crippen LogP contribution in [0, 0.1) is 5.92 Å². The van der Waals surface area contributed by atoms with Gasteiger partial charge >= 0.3 is 5.97 Å². The zero-order chi connectivity index (χ0) is 16.9. The second-order valence-electron chi connectivity index (χ2n) is 5.91. The van der Waals surface area contributed by atoms with Crippen LogP contribution in [0.5, 0.6) is 11.5 Å². The van der Waals surface area contributed by atoms with Crippen molar-refractivity contribution in [3.8, 4) is 11.5 Å². The van der Waals surface area contributed by atoms with E-state index in [0.29, 0.717) is 36.8 Å². The summed E-state index contributed by atoms with van der Waals surface area (Å²) in [5.74, 6) is 0.414. The zero-order valence-electron chi connectivity index (χ0n) is 13.6. The lowest BCUT2D eigenvalue weighted by atomic mass is 9.95. The molecule has 1 N–H and O–H groups in total. The second-order valence-corrected chi connectivity index (χ2v) is 5.91. The summed E-state index contributed by atoms with van der Waals surface area (Å²) in [7, 11) is 0. The van der Waals surface area contributed by atoms with E-state index in [2.05, 4.69) is 11.4 Å². The Bertz CT molecular complexity index is 655. The molecule has 2 atom stereocenters. The van der Waals surface area contributed by atoms with Crippen molar-refractivity contribution >= 4 is 17.6 Å². The third-order valence-corrected chi connectivity index (χ3v) is 4.07. The van der Waals surface area contributed by atoms with E-state index in [0.717, 1.165) is 12.8 Å². The topological polar surface area (TPSA) is 73.9 Å². The molecule has 0 spiro atoms. The number of ether oxygens (including phenoxy) is 3. The SMILES string of the molecule is C[C@@H](OC(=O)[C@@H]1CC=CCC1)C(=O)Nc1ccc2c(c1)OCCO2. The van der Waals surface area contributed by atoms with E-state index in [1.807, 2.05) is 6.08 Å². The normalized spacial score (nSPS) is 20.1. The predicted molar refractivity (Wildman–Crippen MR) is 88.1 cm³/mol. The van der Waals surface area contributed by atoms with Crippen LogP contribution in [0.3, 0.4) is 0 Å². The third-order valence-electron chi connectivity index (χ3n) is 4.07. The van der Waals surface area contributed by atoms with Gasteiger partial charge in [-0.25, -0.2) is 0 Å². The second kappa shape index (κ2) is 7.38. The molecule has 1 heterocycles. The molecular formula is C18H21NO5. The van der Waals surface area contributed by atoms with E-state index < -0.39 is 6.10 Å². The van der Waals surface area contributed by atoms with Gasteiger partial charge in [-0.1, -0.05) is 12.2 Å². The van der Waals surface area contributed by atoms with Crippen molar-refractivity contribution in [1.82, 2.24) is 0 Å². The van der Waals surface area contributed by atoms with Crippen LogP contribution < -0.4 is 14.8 Å². The zero-order valence-corrected chi connectivity index (χ0v) is 13.6. The van der Waals surface area contributed by atoms with Crippen LogP contribution in [0.1, 0.15) is 26.2 Å². The first-order valence-electron chi connectivity index (χ1n) is 8.19. The van der Waals surface area contributed by atoms with E-state index >= 15 is 0 Å². The van der Waals surface area contributed by atoms with Gasteiger partial charge in [0.15, 0.2) is 17.6 Å². The van der Waals surface area contributed by atoms with Gasteiger partial charge in [-0.2, -0.15) is 0 Å². The molecule has 1 aliphatic heterocycles. The van der Waals surface area contributed by atoms with E-state index in [-0.39, 0.29) is 17.8 Å². The molecule has 1 aromatic rings. The Morgan fingerprint density at radius 1 is 1.21 bits per heavy atom. The van der Waals surface area contributed by atoms with Crippen LogP contribution in [0.4, 0.5) is 5.69 Å². The first-order chi connectivity index (χ1) is 11.6. The van der Waals surface area contributed by atoms with Gasteiger partial charge in [0, 0.05) is 11.8 Å². The average Bonchev–Trinajstić information content (AvgIpc) is 2.62. The first-order valence-corrected chi connectivity index (χ1v) is 8.19. The molecule has 128 valence electrons. The van der Waals surface area contributed by atoms with E-state index in [1.165, 1.54) is 0 Å². The van der Waals surface area contributed by atoms with Crippen molar-refractivity contribution < 1.29 is 23.8 Å². The third kappa shape index (κ3) is 3.88. The Kier molecular flexibility index (Phi) is 5.03. The van der Waals surface area contributed by atoms with Crippen molar-refractivity contribution in [3.63, 3.8) is 0 Å². The molecule has 0 saturated carbocycles. The summed E-state index contributed by atoms with van der Waals surface area (Å²) in [6.07, 6.45) is 5.51. The molecule has 24 heavy (non-hydrogen) atoms. The number of carbonyl (C=O) groups excluding carboxylic acids is 2. The lowest BCUT2D eigenvalue weighted by Crippen LogP contribution is -2.32. The summed E-state index contributed by atoms with van der Waals surface area (Å²) in [4.78, 5) is 24.3. The number of allylic oxidation sites excluding steroid dienone is 2. The summed E-state index contributed by atoms with van der Waals surface area (Å²) >= 11 is 0. The molecule has 0 radical (unpaired) electrons. The monoisotopic (exact) mass is 331 g/mol. The molecule has 0 bridgehead atoms. The fraction of sp³-hybridized carbons (Fsp3) is 0.444. The van der Waals surface area contributed by atoms with Gasteiger partial charge in [0.05, 0.1) is 5.92 Å². The summed E-state index contributed by atoms with van der Waals surface area (Å²) in [6, 6.07) is 5.17. The van der Waals surface area contributed by atoms with Gasteiger partial charge < -0.3 is 19.5 Å². The van der Waals surface area contributed by atoms with E-state index in [4.69, 9.17) is 14.2 Å². The van der Waals surface area contributed by atoms with E-state index in [1.54, 1.807) is 25.1 Å². The highest BCUT2D eigenvalue weighted by Gasteiger charge is 2.25. The lowest BCUT2D eigenvalue weighted by molar-refractivity contribution is -0.157. The largest absolute Gasteiger partial charge is 0.486 e. The van der Waals surface area contributed by atoms with Crippen LogP contribution in [-0.2, 0) is 14.3 Å². The van der Waals surface area contributed by atoms with Crippen molar-refractivity contribution in [2.24, 2.45) is 5.92 Å². The fourth-order valence-electron chi connectivity index (χ4n) is 2.70. The van der Waals surface area contributed by atoms with Gasteiger partial charge in [0.25, 0.3) is 5.91 Å². The van der Waals surface area contributed by atoms with Gasteiger partial charge in [0.2, 0.25) is 0 Å². The Hall–Kier alpha value is -2.50. The fourth-order valence-corrected chi connectivity index (χ4v) is 2.70. The summed E-state index contributed by atoms with van der Waals surface area (Å²) in [6.45, 7) is 2.57. The van der Waals surface area contributed by atoms with Crippen LogP contribution in [0.2, 0.25) is 0 Å². The highest BCUT2D eigenvalue weighted by Crippen LogP contribution is 2.32. The number of hydrogen-bond acceptors (Lipinski definition) is 5. The number of carbonyl (C=O) groups is 2. The molecule has 6 heteroatoms. The Morgan fingerprint density at radius 3 is 2.75 bits per heavy atom. The van der Waals surface area contributed by atoms with E-state index in [9.17, 15) is 9.59 Å². The molecule has 1 amide bonds. The maximum absolute atomic E-state index is 12.2. The predicted octanol–water partition coefficient (Wildman–Crippen LogP) is 2.68. The van der Waals surface area contributed by atoms with Crippen LogP contribution >= 0.6 is 0 Å². The molecule has 3 rings (SSSR count).